The lowest BCUT2D eigenvalue weighted by Crippen LogP contribution is -2.38. The lowest BCUT2D eigenvalue weighted by atomic mass is 9.69. The first-order valence-corrected chi connectivity index (χ1v) is 6.88. The van der Waals surface area contributed by atoms with Gasteiger partial charge in [0.25, 0.3) is 0 Å². The third kappa shape index (κ3) is 2.40. The molecule has 0 saturated heterocycles. The number of hydrogen-bond acceptors (Lipinski definition) is 1. The van der Waals surface area contributed by atoms with Crippen molar-refractivity contribution in [2.75, 3.05) is 0 Å². The maximum Gasteiger partial charge on any atom is 0.0922 e. The number of aryl methyl sites for hydroxylation is 1. The van der Waals surface area contributed by atoms with Gasteiger partial charge in [-0.3, -0.25) is 0 Å². The van der Waals surface area contributed by atoms with Crippen LogP contribution in [0.15, 0.2) is 24.3 Å². The maximum absolute atomic E-state index is 10.9. The fourth-order valence-electron chi connectivity index (χ4n) is 3.09. The average molecular weight is 232 g/mol. The average Bonchev–Trinajstić information content (AvgIpc) is 2.34. The summed E-state index contributed by atoms with van der Waals surface area (Å²) in [6, 6.07) is 8.53. The molecule has 17 heavy (non-hydrogen) atoms. The minimum atomic E-state index is -0.598. The van der Waals surface area contributed by atoms with Crippen molar-refractivity contribution in [1.82, 2.24) is 0 Å². The summed E-state index contributed by atoms with van der Waals surface area (Å²) >= 11 is 0. The summed E-state index contributed by atoms with van der Waals surface area (Å²) in [7, 11) is 0. The van der Waals surface area contributed by atoms with Crippen molar-refractivity contribution in [3.8, 4) is 0 Å². The van der Waals surface area contributed by atoms with Crippen LogP contribution in [0.5, 0.6) is 0 Å². The van der Waals surface area contributed by atoms with E-state index in [1.54, 1.807) is 0 Å². The molecule has 3 unspecified atom stereocenters. The van der Waals surface area contributed by atoms with Crippen molar-refractivity contribution in [3.63, 3.8) is 0 Å². The molecule has 1 aromatic carbocycles. The monoisotopic (exact) mass is 232 g/mol. The van der Waals surface area contributed by atoms with E-state index in [1.165, 1.54) is 5.56 Å². The Morgan fingerprint density at radius 3 is 2.41 bits per heavy atom. The summed E-state index contributed by atoms with van der Waals surface area (Å²) in [5.41, 5.74) is 1.85. The normalized spacial score (nSPS) is 33.6. The second-order valence-electron chi connectivity index (χ2n) is 5.76. The molecule has 1 saturated carbocycles. The van der Waals surface area contributed by atoms with Gasteiger partial charge in [-0.1, -0.05) is 45.0 Å². The molecule has 1 nitrogen and oxygen atoms in total. The van der Waals surface area contributed by atoms with Crippen LogP contribution in [-0.4, -0.2) is 5.11 Å². The SMILES string of the molecule is CCc1ccc(C2(O)CCC(C)CC2C)cc1. The summed E-state index contributed by atoms with van der Waals surface area (Å²) in [5.74, 6) is 1.11. The number of benzene rings is 1. The van der Waals surface area contributed by atoms with Crippen molar-refractivity contribution in [1.29, 1.82) is 0 Å². The Bertz CT molecular complexity index is 368. The molecule has 1 aromatic rings. The molecule has 1 fully saturated rings. The first kappa shape index (κ1) is 12.6. The summed E-state index contributed by atoms with van der Waals surface area (Å²) in [5, 5.41) is 10.9. The first-order chi connectivity index (χ1) is 8.06. The van der Waals surface area contributed by atoms with Gasteiger partial charge in [-0.05, 0) is 48.6 Å². The minimum absolute atomic E-state index is 0.360. The molecule has 3 atom stereocenters. The molecule has 1 heteroatoms. The van der Waals surface area contributed by atoms with E-state index in [2.05, 4.69) is 45.0 Å². The van der Waals surface area contributed by atoms with E-state index in [4.69, 9.17) is 0 Å². The molecule has 2 rings (SSSR count). The Labute approximate surface area is 105 Å². The van der Waals surface area contributed by atoms with E-state index in [9.17, 15) is 5.11 Å². The zero-order chi connectivity index (χ0) is 12.5. The van der Waals surface area contributed by atoms with Crippen LogP contribution >= 0.6 is 0 Å². The highest BCUT2D eigenvalue weighted by molar-refractivity contribution is 5.28. The van der Waals surface area contributed by atoms with Crippen LogP contribution in [-0.2, 0) is 12.0 Å². The predicted molar refractivity (Wildman–Crippen MR) is 71.9 cm³/mol. The smallest absolute Gasteiger partial charge is 0.0922 e. The molecular formula is C16H24O. The molecule has 1 N–H and O–H groups in total. The van der Waals surface area contributed by atoms with Crippen LogP contribution in [0.1, 0.15) is 51.2 Å². The molecule has 1 aliphatic rings. The third-order valence-corrected chi connectivity index (χ3v) is 4.45. The van der Waals surface area contributed by atoms with Crippen molar-refractivity contribution in [3.05, 3.63) is 35.4 Å². The molecule has 0 amide bonds. The van der Waals surface area contributed by atoms with Crippen LogP contribution in [0.25, 0.3) is 0 Å². The number of aliphatic hydroxyl groups is 1. The van der Waals surface area contributed by atoms with Crippen molar-refractivity contribution in [2.45, 2.75) is 52.1 Å². The Morgan fingerprint density at radius 1 is 1.24 bits per heavy atom. The molecule has 0 heterocycles. The fourth-order valence-corrected chi connectivity index (χ4v) is 3.09. The third-order valence-electron chi connectivity index (χ3n) is 4.45. The second kappa shape index (κ2) is 4.81. The Kier molecular flexibility index (Phi) is 3.58. The number of rotatable bonds is 2. The van der Waals surface area contributed by atoms with Crippen LogP contribution < -0.4 is 0 Å². The molecule has 0 bridgehead atoms. The van der Waals surface area contributed by atoms with Gasteiger partial charge in [-0.2, -0.15) is 0 Å². The standard InChI is InChI=1S/C16H24O/c1-4-14-5-7-15(8-6-14)16(17)10-9-12(2)11-13(16)3/h5-8,12-13,17H,4,9-11H2,1-3H3. The number of hydrogen-bond donors (Lipinski definition) is 1. The topological polar surface area (TPSA) is 20.2 Å². The fraction of sp³-hybridized carbons (Fsp3) is 0.625. The minimum Gasteiger partial charge on any atom is -0.385 e. The summed E-state index contributed by atoms with van der Waals surface area (Å²) in [6.07, 6.45) is 4.23. The van der Waals surface area contributed by atoms with E-state index in [0.717, 1.165) is 37.2 Å². The predicted octanol–water partition coefficient (Wildman–Crippen LogP) is 3.89. The van der Waals surface area contributed by atoms with Gasteiger partial charge in [0.1, 0.15) is 0 Å². The van der Waals surface area contributed by atoms with Crippen LogP contribution in [0.3, 0.4) is 0 Å². The largest absolute Gasteiger partial charge is 0.385 e. The molecule has 0 aliphatic heterocycles. The highest BCUT2D eigenvalue weighted by atomic mass is 16.3. The van der Waals surface area contributed by atoms with Crippen LogP contribution in [0.2, 0.25) is 0 Å². The van der Waals surface area contributed by atoms with E-state index in [1.807, 2.05) is 0 Å². The molecular weight excluding hydrogens is 208 g/mol. The highest BCUT2D eigenvalue weighted by Gasteiger charge is 2.39. The van der Waals surface area contributed by atoms with Gasteiger partial charge < -0.3 is 5.11 Å². The van der Waals surface area contributed by atoms with Gasteiger partial charge in [-0.25, -0.2) is 0 Å². The zero-order valence-electron chi connectivity index (χ0n) is 11.2. The second-order valence-corrected chi connectivity index (χ2v) is 5.76. The van der Waals surface area contributed by atoms with Gasteiger partial charge >= 0.3 is 0 Å². The Hall–Kier alpha value is -0.820. The highest BCUT2D eigenvalue weighted by Crippen LogP contribution is 2.43. The van der Waals surface area contributed by atoms with E-state index in [-0.39, 0.29) is 0 Å². The summed E-state index contributed by atoms with van der Waals surface area (Å²) < 4.78 is 0. The van der Waals surface area contributed by atoms with Crippen molar-refractivity contribution in [2.24, 2.45) is 11.8 Å². The molecule has 94 valence electrons. The van der Waals surface area contributed by atoms with Gasteiger partial charge in [0.15, 0.2) is 0 Å². The van der Waals surface area contributed by atoms with Crippen molar-refractivity contribution < 1.29 is 5.11 Å². The zero-order valence-corrected chi connectivity index (χ0v) is 11.2. The Balaban J connectivity index is 2.24. The summed E-state index contributed by atoms with van der Waals surface area (Å²) in [4.78, 5) is 0. The van der Waals surface area contributed by atoms with Crippen LogP contribution in [0, 0.1) is 11.8 Å². The van der Waals surface area contributed by atoms with Gasteiger partial charge in [0.2, 0.25) is 0 Å². The lowest BCUT2D eigenvalue weighted by molar-refractivity contribution is -0.0587. The molecule has 1 aliphatic carbocycles. The quantitative estimate of drug-likeness (QED) is 0.820. The van der Waals surface area contributed by atoms with Crippen molar-refractivity contribution >= 4 is 0 Å². The van der Waals surface area contributed by atoms with E-state index in [0.29, 0.717) is 5.92 Å². The molecule has 0 spiro atoms. The van der Waals surface area contributed by atoms with Crippen LogP contribution in [0.4, 0.5) is 0 Å². The first-order valence-electron chi connectivity index (χ1n) is 6.88. The summed E-state index contributed by atoms with van der Waals surface area (Å²) in [6.45, 7) is 6.63. The Morgan fingerprint density at radius 2 is 1.88 bits per heavy atom. The molecule has 0 radical (unpaired) electrons. The van der Waals surface area contributed by atoms with E-state index >= 15 is 0 Å². The lowest BCUT2D eigenvalue weighted by Gasteiger charge is -2.41. The maximum atomic E-state index is 10.9. The molecule has 0 aromatic heterocycles. The van der Waals surface area contributed by atoms with Gasteiger partial charge in [-0.15, -0.1) is 0 Å². The van der Waals surface area contributed by atoms with E-state index < -0.39 is 5.60 Å². The van der Waals surface area contributed by atoms with Gasteiger partial charge in [0, 0.05) is 0 Å². The van der Waals surface area contributed by atoms with Gasteiger partial charge in [0.05, 0.1) is 5.60 Å².